The maximum absolute atomic E-state index is 12.4. The van der Waals surface area contributed by atoms with Crippen LogP contribution in [0, 0.1) is 0 Å². The van der Waals surface area contributed by atoms with E-state index < -0.39 is 5.97 Å². The van der Waals surface area contributed by atoms with Gasteiger partial charge in [0.05, 0.1) is 25.7 Å². The van der Waals surface area contributed by atoms with Crippen molar-refractivity contribution in [2.24, 2.45) is 0 Å². The largest absolute Gasteiger partial charge is 0.481 e. The SMILES string of the molecule is O=C(O)CCOC1CCN(C(=O)N2CCCOCC2)CC1. The van der Waals surface area contributed by atoms with Crippen LogP contribution in [-0.4, -0.2) is 79.0 Å². The number of hydrogen-bond acceptors (Lipinski definition) is 4. The molecule has 7 nitrogen and oxygen atoms in total. The molecule has 120 valence electrons. The van der Waals surface area contributed by atoms with E-state index in [4.69, 9.17) is 14.6 Å². The van der Waals surface area contributed by atoms with Crippen molar-refractivity contribution in [1.29, 1.82) is 0 Å². The van der Waals surface area contributed by atoms with Crippen molar-refractivity contribution >= 4 is 12.0 Å². The van der Waals surface area contributed by atoms with E-state index in [1.165, 1.54) is 0 Å². The molecule has 2 fully saturated rings. The second-order valence-electron chi connectivity index (χ2n) is 5.44. The highest BCUT2D eigenvalue weighted by atomic mass is 16.5. The summed E-state index contributed by atoms with van der Waals surface area (Å²) in [6.07, 6.45) is 2.54. The molecule has 7 heteroatoms. The molecule has 0 bridgehead atoms. The average Bonchev–Trinajstić information content (AvgIpc) is 2.76. The van der Waals surface area contributed by atoms with Gasteiger partial charge in [-0.15, -0.1) is 0 Å². The fourth-order valence-electron chi connectivity index (χ4n) is 2.66. The van der Waals surface area contributed by atoms with Crippen LogP contribution >= 0.6 is 0 Å². The predicted molar refractivity (Wildman–Crippen MR) is 75.2 cm³/mol. The molecule has 2 heterocycles. The normalized spacial score (nSPS) is 21.1. The minimum absolute atomic E-state index is 0.0346. The van der Waals surface area contributed by atoms with E-state index in [-0.39, 0.29) is 25.2 Å². The number of carbonyl (C=O) groups is 2. The van der Waals surface area contributed by atoms with Gasteiger partial charge in [0, 0.05) is 32.8 Å². The minimum Gasteiger partial charge on any atom is -0.481 e. The summed E-state index contributed by atoms with van der Waals surface area (Å²) in [6, 6.07) is 0.0875. The van der Waals surface area contributed by atoms with Gasteiger partial charge in [-0.1, -0.05) is 0 Å². The summed E-state index contributed by atoms with van der Waals surface area (Å²) in [5.74, 6) is -0.842. The first kappa shape index (κ1) is 16.0. The molecule has 1 N–H and O–H groups in total. The van der Waals surface area contributed by atoms with Crippen molar-refractivity contribution in [1.82, 2.24) is 9.80 Å². The first-order valence-corrected chi connectivity index (χ1v) is 7.62. The molecule has 2 saturated heterocycles. The molecule has 0 atom stereocenters. The number of carboxylic acid groups (broad SMARTS) is 1. The van der Waals surface area contributed by atoms with Crippen LogP contribution in [0.1, 0.15) is 25.7 Å². The molecule has 0 radical (unpaired) electrons. The second kappa shape index (κ2) is 8.19. The Balaban J connectivity index is 1.70. The summed E-state index contributed by atoms with van der Waals surface area (Å²) < 4.78 is 10.9. The zero-order valence-corrected chi connectivity index (χ0v) is 12.3. The van der Waals surface area contributed by atoms with E-state index in [1.807, 2.05) is 9.80 Å². The zero-order valence-electron chi connectivity index (χ0n) is 12.3. The van der Waals surface area contributed by atoms with Gasteiger partial charge in [-0.3, -0.25) is 4.79 Å². The molecule has 2 aliphatic rings. The number of likely N-dealkylation sites (tertiary alicyclic amines) is 1. The molecule has 0 unspecified atom stereocenters. The van der Waals surface area contributed by atoms with Gasteiger partial charge in [0.1, 0.15) is 0 Å². The highest BCUT2D eigenvalue weighted by Gasteiger charge is 2.27. The van der Waals surface area contributed by atoms with Gasteiger partial charge in [-0.05, 0) is 19.3 Å². The topological polar surface area (TPSA) is 79.3 Å². The van der Waals surface area contributed by atoms with Crippen molar-refractivity contribution in [2.45, 2.75) is 31.8 Å². The summed E-state index contributed by atoms with van der Waals surface area (Å²) in [4.78, 5) is 26.6. The number of aliphatic carboxylic acids is 1. The molecule has 0 aromatic heterocycles. The lowest BCUT2D eigenvalue weighted by atomic mass is 10.1. The number of rotatable bonds is 4. The van der Waals surface area contributed by atoms with Crippen LogP contribution in [0.15, 0.2) is 0 Å². The smallest absolute Gasteiger partial charge is 0.320 e. The Morgan fingerprint density at radius 3 is 2.52 bits per heavy atom. The van der Waals surface area contributed by atoms with Crippen LogP contribution in [0.25, 0.3) is 0 Å². The Bertz CT molecular complexity index is 347. The van der Waals surface area contributed by atoms with Gasteiger partial charge in [0.15, 0.2) is 0 Å². The van der Waals surface area contributed by atoms with E-state index in [0.29, 0.717) is 26.2 Å². The summed E-state index contributed by atoms with van der Waals surface area (Å²) in [6.45, 7) is 4.35. The van der Waals surface area contributed by atoms with E-state index in [9.17, 15) is 9.59 Å². The molecule has 0 aliphatic carbocycles. The molecule has 0 aromatic carbocycles. The van der Waals surface area contributed by atoms with E-state index in [1.54, 1.807) is 0 Å². The number of piperidine rings is 1. The number of carboxylic acids is 1. The van der Waals surface area contributed by atoms with E-state index in [0.717, 1.165) is 32.4 Å². The van der Waals surface area contributed by atoms with E-state index >= 15 is 0 Å². The molecular formula is C14H24N2O5. The molecule has 2 aliphatic heterocycles. The standard InChI is InChI=1S/C14H24N2O5/c17-13(18)4-10-21-12-2-6-16(7-3-12)14(19)15-5-1-9-20-11-8-15/h12H,1-11H2,(H,17,18). The summed E-state index contributed by atoms with van der Waals surface area (Å²) in [7, 11) is 0. The van der Waals surface area contributed by atoms with Crippen molar-refractivity contribution in [3.05, 3.63) is 0 Å². The third-order valence-electron chi connectivity index (χ3n) is 3.87. The Morgan fingerprint density at radius 1 is 1.10 bits per heavy atom. The molecule has 0 spiro atoms. The number of amides is 2. The number of hydrogen-bond donors (Lipinski definition) is 1. The Morgan fingerprint density at radius 2 is 1.81 bits per heavy atom. The Labute approximate surface area is 124 Å². The van der Waals surface area contributed by atoms with Gasteiger partial charge in [-0.25, -0.2) is 4.79 Å². The molecular weight excluding hydrogens is 276 g/mol. The van der Waals surface area contributed by atoms with Crippen LogP contribution in [0.3, 0.4) is 0 Å². The zero-order chi connectivity index (χ0) is 15.1. The number of nitrogens with zero attached hydrogens (tertiary/aromatic N) is 2. The minimum atomic E-state index is -0.842. The fourth-order valence-corrected chi connectivity index (χ4v) is 2.66. The van der Waals surface area contributed by atoms with Crippen molar-refractivity contribution in [3.8, 4) is 0 Å². The van der Waals surface area contributed by atoms with Crippen molar-refractivity contribution in [2.75, 3.05) is 46.0 Å². The third kappa shape index (κ3) is 5.17. The van der Waals surface area contributed by atoms with Crippen LogP contribution < -0.4 is 0 Å². The average molecular weight is 300 g/mol. The first-order chi connectivity index (χ1) is 10.2. The molecule has 21 heavy (non-hydrogen) atoms. The highest BCUT2D eigenvalue weighted by Crippen LogP contribution is 2.16. The fraction of sp³-hybridized carbons (Fsp3) is 0.857. The quantitative estimate of drug-likeness (QED) is 0.830. The lowest BCUT2D eigenvalue weighted by molar-refractivity contribution is -0.138. The van der Waals surface area contributed by atoms with Gasteiger partial charge < -0.3 is 24.4 Å². The number of carbonyl (C=O) groups excluding carboxylic acids is 1. The van der Waals surface area contributed by atoms with Crippen molar-refractivity contribution < 1.29 is 24.2 Å². The first-order valence-electron chi connectivity index (χ1n) is 7.62. The lowest BCUT2D eigenvalue weighted by Crippen LogP contribution is -2.48. The Hall–Kier alpha value is -1.34. The van der Waals surface area contributed by atoms with Gasteiger partial charge in [-0.2, -0.15) is 0 Å². The predicted octanol–water partition coefficient (Wildman–Crippen LogP) is 0.784. The molecule has 0 saturated carbocycles. The molecule has 2 amide bonds. The van der Waals surface area contributed by atoms with Crippen LogP contribution in [0.5, 0.6) is 0 Å². The molecule has 2 rings (SSSR count). The second-order valence-corrected chi connectivity index (χ2v) is 5.44. The summed E-state index contributed by atoms with van der Waals surface area (Å²) in [5, 5.41) is 8.58. The van der Waals surface area contributed by atoms with E-state index in [2.05, 4.69) is 0 Å². The monoisotopic (exact) mass is 300 g/mol. The van der Waals surface area contributed by atoms with Crippen molar-refractivity contribution in [3.63, 3.8) is 0 Å². The van der Waals surface area contributed by atoms with Gasteiger partial charge in [0.25, 0.3) is 0 Å². The lowest BCUT2D eigenvalue weighted by Gasteiger charge is -2.35. The number of ether oxygens (including phenoxy) is 2. The van der Waals surface area contributed by atoms with Gasteiger partial charge >= 0.3 is 12.0 Å². The Kier molecular flexibility index (Phi) is 6.25. The highest BCUT2D eigenvalue weighted by molar-refractivity contribution is 5.74. The maximum atomic E-state index is 12.4. The summed E-state index contributed by atoms with van der Waals surface area (Å²) in [5.41, 5.74) is 0. The number of urea groups is 1. The maximum Gasteiger partial charge on any atom is 0.320 e. The third-order valence-corrected chi connectivity index (χ3v) is 3.87. The van der Waals surface area contributed by atoms with Crippen LogP contribution in [0.2, 0.25) is 0 Å². The van der Waals surface area contributed by atoms with Crippen LogP contribution in [0.4, 0.5) is 4.79 Å². The molecule has 0 aromatic rings. The van der Waals surface area contributed by atoms with Crippen LogP contribution in [-0.2, 0) is 14.3 Å². The summed E-state index contributed by atoms with van der Waals surface area (Å²) >= 11 is 0. The van der Waals surface area contributed by atoms with Gasteiger partial charge in [0.2, 0.25) is 0 Å².